The molecule has 218 valence electrons. The molecule has 7 rings (SSSR count). The third-order valence-corrected chi connectivity index (χ3v) is 8.48. The highest BCUT2D eigenvalue weighted by Gasteiger charge is 2.71. The number of anilines is 1. The molecule has 1 amide bonds. The number of piperidine rings is 1. The van der Waals surface area contributed by atoms with Crippen LogP contribution in [-0.2, 0) is 28.7 Å². The summed E-state index contributed by atoms with van der Waals surface area (Å²) in [5, 5.41) is 5.86. The SMILES string of the molecule is CC(=O)Cn1c(=O)c2c(ncn2C2(C(=O)NC3=CNCC(c4cnc(N5CC6[C@H](C5)C6(F)F)cn4)=N3)CC2)n(C)c1=O. The number of imidazole rings is 1. The van der Waals surface area contributed by atoms with Gasteiger partial charge in [0.15, 0.2) is 11.2 Å². The number of nitrogens with one attached hydrogen (secondary N) is 2. The van der Waals surface area contributed by atoms with Crippen molar-refractivity contribution in [3.63, 3.8) is 0 Å². The van der Waals surface area contributed by atoms with Crippen molar-refractivity contribution in [1.82, 2.24) is 39.3 Å². The molecule has 4 aliphatic rings. The number of rotatable bonds is 7. The summed E-state index contributed by atoms with van der Waals surface area (Å²) < 4.78 is 30.6. The second-order valence-corrected chi connectivity index (χ2v) is 11.2. The Morgan fingerprint density at radius 3 is 2.50 bits per heavy atom. The van der Waals surface area contributed by atoms with Crippen molar-refractivity contribution in [2.24, 2.45) is 23.9 Å². The predicted octanol–water partition coefficient (Wildman–Crippen LogP) is -0.526. The molecule has 1 saturated heterocycles. The van der Waals surface area contributed by atoms with Gasteiger partial charge in [-0.1, -0.05) is 0 Å². The highest BCUT2D eigenvalue weighted by molar-refractivity contribution is 6.02. The number of nitrogens with zero attached hydrogens (tertiary/aromatic N) is 8. The third kappa shape index (κ3) is 3.88. The fraction of sp³-hybridized carbons (Fsp3) is 0.462. The molecular formula is C26H26F2N10O4. The number of hydrogen-bond donors (Lipinski definition) is 2. The first kappa shape index (κ1) is 26.2. The highest BCUT2D eigenvalue weighted by atomic mass is 19.3. The van der Waals surface area contributed by atoms with E-state index in [2.05, 4.69) is 30.6 Å². The molecule has 2 atom stereocenters. The van der Waals surface area contributed by atoms with E-state index in [0.717, 1.165) is 4.57 Å². The van der Waals surface area contributed by atoms with Gasteiger partial charge in [-0.15, -0.1) is 0 Å². The highest BCUT2D eigenvalue weighted by Crippen LogP contribution is 2.59. The quantitative estimate of drug-likeness (QED) is 0.374. The topological polar surface area (TPSA) is 161 Å². The number of alkyl halides is 2. The Bertz CT molecular complexity index is 1840. The fourth-order valence-electron chi connectivity index (χ4n) is 5.89. The van der Waals surface area contributed by atoms with Crippen molar-refractivity contribution in [2.45, 2.75) is 37.8 Å². The molecule has 0 bridgehead atoms. The van der Waals surface area contributed by atoms with Crippen LogP contribution in [0.1, 0.15) is 25.5 Å². The lowest BCUT2D eigenvalue weighted by atomic mass is 10.2. The predicted molar refractivity (Wildman–Crippen MR) is 144 cm³/mol. The van der Waals surface area contributed by atoms with Crippen LogP contribution in [-0.4, -0.2) is 71.6 Å². The van der Waals surface area contributed by atoms with Gasteiger partial charge in [-0.3, -0.25) is 23.5 Å². The van der Waals surface area contributed by atoms with Gasteiger partial charge in [-0.05, 0) is 19.8 Å². The molecule has 3 aromatic heterocycles. The molecule has 2 N–H and O–H groups in total. The lowest BCUT2D eigenvalue weighted by Gasteiger charge is -2.21. The zero-order chi connectivity index (χ0) is 29.6. The molecule has 0 aromatic carbocycles. The van der Waals surface area contributed by atoms with Crippen LogP contribution in [0.2, 0.25) is 0 Å². The first-order valence-corrected chi connectivity index (χ1v) is 13.5. The van der Waals surface area contributed by atoms with Crippen LogP contribution in [0.25, 0.3) is 11.2 Å². The minimum atomic E-state index is -2.57. The molecule has 0 spiro atoms. The number of aliphatic imine (C=N–C) groups is 1. The van der Waals surface area contributed by atoms with Crippen molar-refractivity contribution in [3.05, 3.63) is 57.3 Å². The summed E-state index contributed by atoms with van der Waals surface area (Å²) in [6, 6.07) is 0. The first-order chi connectivity index (χ1) is 20.0. The third-order valence-electron chi connectivity index (χ3n) is 8.48. The van der Waals surface area contributed by atoms with Gasteiger partial charge in [0.25, 0.3) is 17.4 Å². The first-order valence-electron chi connectivity index (χ1n) is 13.5. The molecule has 16 heteroatoms. The number of carbonyl (C=O) groups is 2. The number of aromatic nitrogens is 6. The van der Waals surface area contributed by atoms with E-state index in [0.29, 0.717) is 36.6 Å². The largest absolute Gasteiger partial charge is 0.382 e. The molecule has 5 heterocycles. The second kappa shape index (κ2) is 8.87. The molecule has 0 radical (unpaired) electrons. The van der Waals surface area contributed by atoms with Gasteiger partial charge >= 0.3 is 5.69 Å². The van der Waals surface area contributed by atoms with E-state index in [1.807, 2.05) is 0 Å². The average Bonchev–Trinajstić information content (AvgIpc) is 3.66. The summed E-state index contributed by atoms with van der Waals surface area (Å²) in [5.41, 5.74) is -1.33. The summed E-state index contributed by atoms with van der Waals surface area (Å²) >= 11 is 0. The minimum Gasteiger partial charge on any atom is -0.382 e. The lowest BCUT2D eigenvalue weighted by molar-refractivity contribution is -0.124. The van der Waals surface area contributed by atoms with Crippen LogP contribution in [0.4, 0.5) is 14.6 Å². The van der Waals surface area contributed by atoms with E-state index in [1.54, 1.807) is 11.1 Å². The normalized spacial score (nSPS) is 23.1. The number of aryl methyl sites for hydroxylation is 1. The summed E-state index contributed by atoms with van der Waals surface area (Å²) in [6.07, 6.45) is 6.82. The molecule has 3 aromatic rings. The summed E-state index contributed by atoms with van der Waals surface area (Å²) in [6.45, 7) is 1.72. The summed E-state index contributed by atoms with van der Waals surface area (Å²) in [5.74, 6) is -3.84. The Morgan fingerprint density at radius 1 is 1.12 bits per heavy atom. The summed E-state index contributed by atoms with van der Waals surface area (Å²) in [4.78, 5) is 70.6. The van der Waals surface area contributed by atoms with Crippen molar-refractivity contribution in [1.29, 1.82) is 0 Å². The maximum atomic E-state index is 13.6. The number of halogens is 2. The molecular weight excluding hydrogens is 554 g/mol. The average molecular weight is 581 g/mol. The molecule has 42 heavy (non-hydrogen) atoms. The van der Waals surface area contributed by atoms with Crippen LogP contribution in [0.15, 0.2) is 45.3 Å². The Morgan fingerprint density at radius 2 is 1.86 bits per heavy atom. The molecule has 14 nitrogen and oxygen atoms in total. The van der Waals surface area contributed by atoms with E-state index in [1.165, 1.54) is 41.8 Å². The van der Waals surface area contributed by atoms with Crippen LogP contribution in [0, 0.1) is 11.8 Å². The van der Waals surface area contributed by atoms with E-state index in [9.17, 15) is 28.0 Å². The smallest absolute Gasteiger partial charge is 0.332 e. The van der Waals surface area contributed by atoms with Gasteiger partial charge in [-0.2, -0.15) is 0 Å². The number of Topliss-reactive ketones (excluding diaryl/α,β-unsaturated/α-hetero) is 1. The van der Waals surface area contributed by atoms with Gasteiger partial charge in [0.1, 0.15) is 28.7 Å². The number of hydrogen-bond acceptors (Lipinski definition) is 10. The summed E-state index contributed by atoms with van der Waals surface area (Å²) in [7, 11) is 1.45. The second-order valence-electron chi connectivity index (χ2n) is 11.2. The maximum Gasteiger partial charge on any atom is 0.332 e. The van der Waals surface area contributed by atoms with Crippen LogP contribution in [0.5, 0.6) is 0 Å². The Hall–Kier alpha value is -4.76. The monoisotopic (exact) mass is 580 g/mol. The zero-order valence-corrected chi connectivity index (χ0v) is 22.7. The standard InChI is InChI=1S/C26H26F2N10O4/c1-13(39)9-37-22(40)20-21(35(2)24(37)42)32-12-38(20)25(3-4-25)23(41)34-18-7-29-5-17(33-18)16-6-31-19(8-30-16)36-10-14-15(11-36)26(14,27)28/h6-8,12,14-15,29H,3-5,9-11H2,1-2H3,(H,34,41)/t14-,15?/m0/s1. The van der Waals surface area contributed by atoms with E-state index >= 15 is 0 Å². The van der Waals surface area contributed by atoms with Gasteiger partial charge in [0, 0.05) is 26.3 Å². The zero-order valence-electron chi connectivity index (χ0n) is 22.7. The van der Waals surface area contributed by atoms with Crippen LogP contribution < -0.4 is 26.8 Å². The van der Waals surface area contributed by atoms with Gasteiger partial charge in [0.2, 0.25) is 0 Å². The van der Waals surface area contributed by atoms with E-state index < -0.39 is 40.5 Å². The molecule has 3 fully saturated rings. The molecule has 2 aliphatic carbocycles. The minimum absolute atomic E-state index is 0.0559. The number of fused-ring (bicyclic) bond motifs is 2. The van der Waals surface area contributed by atoms with Crippen molar-refractivity contribution in [2.75, 3.05) is 24.5 Å². The Labute approximate surface area is 235 Å². The van der Waals surface area contributed by atoms with Crippen molar-refractivity contribution >= 4 is 34.4 Å². The molecule has 1 unspecified atom stereocenters. The van der Waals surface area contributed by atoms with Crippen molar-refractivity contribution < 1.29 is 18.4 Å². The number of carbonyl (C=O) groups excluding carboxylic acids is 2. The van der Waals surface area contributed by atoms with Crippen LogP contribution >= 0.6 is 0 Å². The van der Waals surface area contributed by atoms with E-state index in [-0.39, 0.29) is 42.4 Å². The lowest BCUT2D eigenvalue weighted by Crippen LogP contribution is -2.43. The van der Waals surface area contributed by atoms with Gasteiger partial charge in [-0.25, -0.2) is 33.5 Å². The maximum absolute atomic E-state index is 13.6. The van der Waals surface area contributed by atoms with Crippen molar-refractivity contribution in [3.8, 4) is 0 Å². The van der Waals surface area contributed by atoms with Gasteiger partial charge in [0.05, 0.1) is 49.4 Å². The molecule has 2 aliphatic heterocycles. The molecule has 2 saturated carbocycles. The van der Waals surface area contributed by atoms with E-state index in [4.69, 9.17) is 0 Å². The Kier molecular flexibility index (Phi) is 5.52. The number of amides is 1. The fourth-order valence-corrected chi connectivity index (χ4v) is 5.89. The Balaban J connectivity index is 1.11. The van der Waals surface area contributed by atoms with Crippen LogP contribution in [0.3, 0.4) is 0 Å². The number of ketones is 1. The van der Waals surface area contributed by atoms with Gasteiger partial charge < -0.3 is 20.1 Å².